The lowest BCUT2D eigenvalue weighted by atomic mass is 9.91. The van der Waals surface area contributed by atoms with Gasteiger partial charge in [-0.3, -0.25) is 9.69 Å². The molecule has 0 saturated carbocycles. The van der Waals surface area contributed by atoms with Gasteiger partial charge in [-0.1, -0.05) is 26.8 Å². The highest BCUT2D eigenvalue weighted by atomic mass is 79.9. The summed E-state index contributed by atoms with van der Waals surface area (Å²) in [5, 5.41) is 9.60. The van der Waals surface area contributed by atoms with Gasteiger partial charge in [-0.05, 0) is 27.6 Å². The molecule has 0 bridgehead atoms. The maximum Gasteiger partial charge on any atom is 0.409 e. The van der Waals surface area contributed by atoms with E-state index in [-0.39, 0.29) is 11.3 Å². The van der Waals surface area contributed by atoms with Crippen LogP contribution in [0.1, 0.15) is 26.3 Å². The van der Waals surface area contributed by atoms with Gasteiger partial charge >= 0.3 is 6.09 Å². The van der Waals surface area contributed by atoms with Gasteiger partial charge in [0.15, 0.2) is 0 Å². The van der Waals surface area contributed by atoms with E-state index in [2.05, 4.69) is 20.9 Å². The standard InChI is InChI=1S/C15H20BrN3O3/c1-15(2,3)13-18(4)12(20)10(19(13)14(21)22)7-9-5-6-11(16)17-8-9/h5-6,8,10,13H,7H2,1-4H3,(H,21,22). The number of carbonyl (C=O) groups is 2. The van der Waals surface area contributed by atoms with Gasteiger partial charge in [-0.25, -0.2) is 9.78 Å². The largest absolute Gasteiger partial charge is 0.465 e. The van der Waals surface area contributed by atoms with Crippen LogP contribution in [-0.2, 0) is 11.2 Å². The SMILES string of the molecule is CN1C(=O)C(Cc2ccc(Br)nc2)N(C(=O)O)C1C(C)(C)C. The highest BCUT2D eigenvalue weighted by molar-refractivity contribution is 9.10. The Bertz CT molecular complexity index is 583. The maximum atomic E-state index is 12.5. The number of hydrogen-bond donors (Lipinski definition) is 1. The first kappa shape index (κ1) is 16.7. The van der Waals surface area contributed by atoms with Crippen molar-refractivity contribution in [3.63, 3.8) is 0 Å². The molecule has 2 rings (SSSR count). The third kappa shape index (κ3) is 3.09. The Kier molecular flexibility index (Phi) is 4.47. The summed E-state index contributed by atoms with van der Waals surface area (Å²) < 4.78 is 0.703. The highest BCUT2D eigenvalue weighted by Gasteiger charge is 2.51. The minimum atomic E-state index is -1.08. The summed E-state index contributed by atoms with van der Waals surface area (Å²) in [6.07, 6.45) is 0.419. The zero-order chi connectivity index (χ0) is 16.7. The summed E-state index contributed by atoms with van der Waals surface area (Å²) in [7, 11) is 1.66. The Balaban J connectivity index is 2.34. The number of nitrogens with zero attached hydrogens (tertiary/aromatic N) is 3. The van der Waals surface area contributed by atoms with Crippen molar-refractivity contribution >= 4 is 27.9 Å². The topological polar surface area (TPSA) is 73.7 Å². The number of pyridine rings is 1. The van der Waals surface area contributed by atoms with Crippen LogP contribution < -0.4 is 0 Å². The van der Waals surface area contributed by atoms with E-state index in [0.29, 0.717) is 11.0 Å². The number of halogens is 1. The molecule has 2 amide bonds. The number of rotatable bonds is 2. The third-order valence-corrected chi connectivity index (χ3v) is 4.28. The molecule has 1 aromatic rings. The molecular weight excluding hydrogens is 350 g/mol. The van der Waals surface area contributed by atoms with Crippen LogP contribution in [0.15, 0.2) is 22.9 Å². The van der Waals surface area contributed by atoms with Crippen molar-refractivity contribution in [1.82, 2.24) is 14.8 Å². The molecule has 2 atom stereocenters. The van der Waals surface area contributed by atoms with Crippen LogP contribution in [0.2, 0.25) is 0 Å². The average molecular weight is 370 g/mol. The van der Waals surface area contributed by atoms with Gasteiger partial charge in [0, 0.05) is 25.1 Å². The third-order valence-electron chi connectivity index (χ3n) is 3.81. The van der Waals surface area contributed by atoms with Gasteiger partial charge in [-0.2, -0.15) is 0 Å². The van der Waals surface area contributed by atoms with Crippen molar-refractivity contribution in [3.05, 3.63) is 28.5 Å². The summed E-state index contributed by atoms with van der Waals surface area (Å²) in [5.41, 5.74) is 0.464. The lowest BCUT2D eigenvalue weighted by Gasteiger charge is -2.37. The molecule has 2 heterocycles. The van der Waals surface area contributed by atoms with Crippen molar-refractivity contribution in [3.8, 4) is 0 Å². The second-order valence-corrected chi connectivity index (χ2v) is 7.40. The van der Waals surface area contributed by atoms with Gasteiger partial charge < -0.3 is 10.0 Å². The highest BCUT2D eigenvalue weighted by Crippen LogP contribution is 2.34. The first-order valence-electron chi connectivity index (χ1n) is 7.01. The van der Waals surface area contributed by atoms with Crippen molar-refractivity contribution in [2.75, 3.05) is 7.05 Å². The lowest BCUT2D eigenvalue weighted by Crippen LogP contribution is -2.50. The van der Waals surface area contributed by atoms with Crippen molar-refractivity contribution in [1.29, 1.82) is 0 Å². The van der Waals surface area contributed by atoms with Gasteiger partial charge in [0.1, 0.15) is 16.8 Å². The second-order valence-electron chi connectivity index (χ2n) is 6.59. The zero-order valence-corrected chi connectivity index (χ0v) is 14.7. The molecule has 1 aliphatic rings. The molecule has 0 aliphatic carbocycles. The summed E-state index contributed by atoms with van der Waals surface area (Å²) in [6, 6.07) is 2.91. The van der Waals surface area contributed by atoms with Crippen molar-refractivity contribution in [2.45, 2.75) is 39.4 Å². The Labute approximate surface area is 138 Å². The summed E-state index contributed by atoms with van der Waals surface area (Å²) >= 11 is 3.26. The first-order valence-corrected chi connectivity index (χ1v) is 7.80. The molecule has 22 heavy (non-hydrogen) atoms. The van der Waals surface area contributed by atoms with E-state index in [1.807, 2.05) is 26.8 Å². The monoisotopic (exact) mass is 369 g/mol. The smallest absolute Gasteiger partial charge is 0.409 e. The number of carbonyl (C=O) groups excluding carboxylic acids is 1. The average Bonchev–Trinajstić information content (AvgIpc) is 2.66. The molecule has 1 aliphatic heterocycles. The lowest BCUT2D eigenvalue weighted by molar-refractivity contribution is -0.129. The molecule has 1 saturated heterocycles. The normalized spacial score (nSPS) is 22.3. The van der Waals surface area contributed by atoms with Crippen LogP contribution in [0.3, 0.4) is 0 Å². The minimum Gasteiger partial charge on any atom is -0.465 e. The van der Waals surface area contributed by atoms with Gasteiger partial charge in [0.2, 0.25) is 5.91 Å². The molecule has 0 aromatic carbocycles. The molecule has 0 radical (unpaired) electrons. The van der Waals surface area contributed by atoms with Crippen LogP contribution in [0, 0.1) is 5.41 Å². The van der Waals surface area contributed by atoms with E-state index in [9.17, 15) is 14.7 Å². The molecule has 0 spiro atoms. The van der Waals surface area contributed by atoms with Crippen LogP contribution in [0.5, 0.6) is 0 Å². The maximum absolute atomic E-state index is 12.5. The van der Waals surface area contributed by atoms with E-state index in [0.717, 1.165) is 5.56 Å². The Morgan fingerprint density at radius 3 is 2.50 bits per heavy atom. The summed E-state index contributed by atoms with van der Waals surface area (Å²) in [6.45, 7) is 5.79. The number of likely N-dealkylation sites (N-methyl/N-ethyl adjacent to an activating group) is 1. The number of hydrogen-bond acceptors (Lipinski definition) is 3. The van der Waals surface area contributed by atoms with E-state index in [1.54, 1.807) is 19.3 Å². The summed E-state index contributed by atoms with van der Waals surface area (Å²) in [5.74, 6) is -0.176. The fraction of sp³-hybridized carbons (Fsp3) is 0.533. The van der Waals surface area contributed by atoms with Gasteiger partial charge in [-0.15, -0.1) is 0 Å². The van der Waals surface area contributed by atoms with Crippen LogP contribution in [-0.4, -0.2) is 51.1 Å². The molecular formula is C15H20BrN3O3. The van der Waals surface area contributed by atoms with Gasteiger partial charge in [0.05, 0.1) is 0 Å². The van der Waals surface area contributed by atoms with Crippen LogP contribution in [0.25, 0.3) is 0 Å². The molecule has 2 unspecified atom stereocenters. The molecule has 1 N–H and O–H groups in total. The van der Waals surface area contributed by atoms with Gasteiger partial charge in [0.25, 0.3) is 0 Å². The Morgan fingerprint density at radius 2 is 2.05 bits per heavy atom. The predicted octanol–water partition coefficient (Wildman–Crippen LogP) is 2.58. The van der Waals surface area contributed by atoms with E-state index in [1.165, 1.54) is 9.80 Å². The van der Waals surface area contributed by atoms with E-state index < -0.39 is 18.3 Å². The molecule has 6 nitrogen and oxygen atoms in total. The Hall–Kier alpha value is -1.63. The fourth-order valence-electron chi connectivity index (χ4n) is 3.00. The zero-order valence-electron chi connectivity index (χ0n) is 13.1. The summed E-state index contributed by atoms with van der Waals surface area (Å²) in [4.78, 5) is 31.2. The van der Waals surface area contributed by atoms with Crippen molar-refractivity contribution < 1.29 is 14.7 Å². The quantitative estimate of drug-likeness (QED) is 0.813. The molecule has 7 heteroatoms. The predicted molar refractivity (Wildman–Crippen MR) is 85.3 cm³/mol. The molecule has 1 fully saturated rings. The number of aromatic nitrogens is 1. The fourth-order valence-corrected chi connectivity index (χ4v) is 3.24. The van der Waals surface area contributed by atoms with Crippen LogP contribution in [0.4, 0.5) is 4.79 Å². The van der Waals surface area contributed by atoms with Crippen molar-refractivity contribution in [2.24, 2.45) is 5.41 Å². The minimum absolute atomic E-state index is 0.176. The second kappa shape index (κ2) is 5.87. The number of amides is 2. The van der Waals surface area contributed by atoms with Crippen LogP contribution >= 0.6 is 15.9 Å². The molecule has 120 valence electrons. The first-order chi connectivity index (χ1) is 10.1. The number of carboxylic acid groups (broad SMARTS) is 1. The van der Waals surface area contributed by atoms with E-state index >= 15 is 0 Å². The Morgan fingerprint density at radius 1 is 1.41 bits per heavy atom. The molecule has 1 aromatic heterocycles. The van der Waals surface area contributed by atoms with E-state index in [4.69, 9.17) is 0 Å².